The van der Waals surface area contributed by atoms with Gasteiger partial charge in [-0.3, -0.25) is 14.4 Å². The summed E-state index contributed by atoms with van der Waals surface area (Å²) >= 11 is 0. The number of aromatic nitrogens is 4. The van der Waals surface area contributed by atoms with Crippen LogP contribution in [0.5, 0.6) is 0 Å². The van der Waals surface area contributed by atoms with E-state index in [-0.39, 0.29) is 24.0 Å². The summed E-state index contributed by atoms with van der Waals surface area (Å²) in [6.45, 7) is 0.438. The molecule has 246 valence electrons. The lowest BCUT2D eigenvalue weighted by Gasteiger charge is -2.37. The summed E-state index contributed by atoms with van der Waals surface area (Å²) in [6, 6.07) is 25.7. The van der Waals surface area contributed by atoms with Crippen LogP contribution in [0.15, 0.2) is 91.4 Å². The molecule has 5 aromatic rings. The van der Waals surface area contributed by atoms with E-state index < -0.39 is 0 Å². The third kappa shape index (κ3) is 7.21. The Hall–Kier alpha value is -6.22. The van der Waals surface area contributed by atoms with Gasteiger partial charge < -0.3 is 21.3 Å². The SMILES string of the molecule is Cn1cc(-c2ccc(N(C(=O)NCc3ccccc3)[C@H]3CC[C@H](Nc4ncc(C#N)c(Nc5ccc6c(c5)CC(=O)N6)n4)CC3)cc2)cn1. The Kier molecular flexibility index (Phi) is 8.88. The molecule has 2 aliphatic rings. The molecule has 3 heterocycles. The highest BCUT2D eigenvalue weighted by Crippen LogP contribution is 2.32. The fraction of sp³-hybridized carbons (Fsp3) is 0.243. The first kappa shape index (κ1) is 31.4. The lowest BCUT2D eigenvalue weighted by atomic mass is 9.90. The number of hydrogen-bond donors (Lipinski definition) is 4. The van der Waals surface area contributed by atoms with Crippen molar-refractivity contribution in [1.29, 1.82) is 5.26 Å². The van der Waals surface area contributed by atoms with Gasteiger partial charge in [0.1, 0.15) is 11.6 Å². The highest BCUT2D eigenvalue weighted by molar-refractivity contribution is 5.99. The van der Waals surface area contributed by atoms with Gasteiger partial charge in [-0.15, -0.1) is 0 Å². The average Bonchev–Trinajstić information content (AvgIpc) is 3.73. The van der Waals surface area contributed by atoms with Crippen LogP contribution in [0.25, 0.3) is 11.1 Å². The standard InChI is InChI=1S/C37H36N10O2/c1-46-23-28(22-41-46)25-7-12-31(13-8-25)47(37(49)40-20-24-5-3-2-4-6-24)32-14-9-29(10-15-32)43-36-39-21-27(19-38)35(45-36)42-30-11-16-33-26(17-30)18-34(48)44-33/h2-8,11-13,16-17,21-23,29,32H,9-10,14-15,18,20H2,1H3,(H,40,49)(H,44,48)(H2,39,42,43,45)/t29-,32-. The van der Waals surface area contributed by atoms with Crippen LogP contribution < -0.4 is 26.2 Å². The van der Waals surface area contributed by atoms with Crippen molar-refractivity contribution in [2.24, 2.45) is 7.05 Å². The predicted octanol–water partition coefficient (Wildman–Crippen LogP) is 6.13. The Morgan fingerprint density at radius 3 is 2.55 bits per heavy atom. The van der Waals surface area contributed by atoms with Crippen molar-refractivity contribution in [1.82, 2.24) is 25.1 Å². The number of amides is 3. The number of nitrogens with zero attached hydrogens (tertiary/aromatic N) is 6. The molecule has 1 saturated carbocycles. The van der Waals surface area contributed by atoms with Crippen molar-refractivity contribution in [3.8, 4) is 17.2 Å². The summed E-state index contributed by atoms with van der Waals surface area (Å²) in [5.41, 5.74) is 6.67. The molecular formula is C37H36N10O2. The highest BCUT2D eigenvalue weighted by atomic mass is 16.2. The lowest BCUT2D eigenvalue weighted by molar-refractivity contribution is -0.115. The summed E-state index contributed by atoms with van der Waals surface area (Å²) in [7, 11) is 1.89. The summed E-state index contributed by atoms with van der Waals surface area (Å²) < 4.78 is 1.77. The van der Waals surface area contributed by atoms with Gasteiger partial charge in [-0.2, -0.15) is 15.3 Å². The second-order valence-corrected chi connectivity index (χ2v) is 12.4. The molecule has 1 aliphatic heterocycles. The van der Waals surface area contributed by atoms with E-state index in [1.807, 2.05) is 97.1 Å². The van der Waals surface area contributed by atoms with E-state index in [9.17, 15) is 14.9 Å². The van der Waals surface area contributed by atoms with E-state index in [4.69, 9.17) is 0 Å². The largest absolute Gasteiger partial charge is 0.351 e. The maximum atomic E-state index is 13.8. The molecule has 0 bridgehead atoms. The molecule has 4 N–H and O–H groups in total. The van der Waals surface area contributed by atoms with E-state index in [1.54, 1.807) is 4.68 Å². The van der Waals surface area contributed by atoms with Gasteiger partial charge in [0.2, 0.25) is 11.9 Å². The van der Waals surface area contributed by atoms with Crippen molar-refractivity contribution in [3.63, 3.8) is 0 Å². The molecule has 49 heavy (non-hydrogen) atoms. The van der Waals surface area contributed by atoms with Gasteiger partial charge >= 0.3 is 6.03 Å². The summed E-state index contributed by atoms with van der Waals surface area (Å²) in [5, 5.41) is 26.6. The smallest absolute Gasteiger partial charge is 0.322 e. The molecule has 2 aromatic heterocycles. The normalized spacial score (nSPS) is 16.6. The molecule has 0 atom stereocenters. The van der Waals surface area contributed by atoms with E-state index in [0.717, 1.165) is 65.0 Å². The second-order valence-electron chi connectivity index (χ2n) is 12.4. The zero-order valence-corrected chi connectivity index (χ0v) is 27.1. The van der Waals surface area contributed by atoms with Crippen molar-refractivity contribution in [2.45, 2.75) is 50.7 Å². The molecule has 3 amide bonds. The number of nitriles is 1. The van der Waals surface area contributed by atoms with Gasteiger partial charge in [0.15, 0.2) is 5.82 Å². The molecule has 3 aromatic carbocycles. The predicted molar refractivity (Wildman–Crippen MR) is 188 cm³/mol. The van der Waals surface area contributed by atoms with Crippen molar-refractivity contribution >= 4 is 40.8 Å². The van der Waals surface area contributed by atoms with Gasteiger partial charge in [0, 0.05) is 54.5 Å². The minimum Gasteiger partial charge on any atom is -0.351 e. The van der Waals surface area contributed by atoms with Crippen LogP contribution in [0.4, 0.5) is 33.6 Å². The number of anilines is 5. The van der Waals surface area contributed by atoms with Crippen molar-refractivity contribution in [2.75, 3.05) is 20.9 Å². The first-order valence-corrected chi connectivity index (χ1v) is 16.4. The van der Waals surface area contributed by atoms with Gasteiger partial charge in [0.25, 0.3) is 0 Å². The Balaban J connectivity index is 1.03. The molecule has 1 fully saturated rings. The quantitative estimate of drug-likeness (QED) is 0.148. The molecule has 0 saturated heterocycles. The molecule has 0 unspecified atom stereocenters. The van der Waals surface area contributed by atoms with Crippen LogP contribution in [0.3, 0.4) is 0 Å². The van der Waals surface area contributed by atoms with Gasteiger partial charge in [0.05, 0.1) is 18.8 Å². The molecular weight excluding hydrogens is 616 g/mol. The fourth-order valence-corrected chi connectivity index (χ4v) is 6.47. The van der Waals surface area contributed by atoms with Gasteiger partial charge in [-0.05, 0) is 72.7 Å². The third-order valence-corrected chi connectivity index (χ3v) is 8.99. The monoisotopic (exact) mass is 652 g/mol. The van der Waals surface area contributed by atoms with Crippen LogP contribution in [-0.2, 0) is 24.8 Å². The third-order valence-electron chi connectivity index (χ3n) is 8.99. The average molecular weight is 653 g/mol. The highest BCUT2D eigenvalue weighted by Gasteiger charge is 2.30. The van der Waals surface area contributed by atoms with Gasteiger partial charge in [-0.1, -0.05) is 42.5 Å². The summed E-state index contributed by atoms with van der Waals surface area (Å²) in [6.07, 6.45) is 8.80. The van der Waals surface area contributed by atoms with Crippen LogP contribution in [0, 0.1) is 11.3 Å². The topological polar surface area (TPSA) is 153 Å². The van der Waals surface area contributed by atoms with E-state index in [2.05, 4.69) is 42.4 Å². The van der Waals surface area contributed by atoms with Crippen LogP contribution in [0.2, 0.25) is 0 Å². The zero-order valence-electron chi connectivity index (χ0n) is 27.1. The first-order valence-electron chi connectivity index (χ1n) is 16.4. The number of benzene rings is 3. The van der Waals surface area contributed by atoms with Crippen molar-refractivity contribution in [3.05, 3.63) is 108 Å². The molecule has 1 aliphatic carbocycles. The number of hydrogen-bond acceptors (Lipinski definition) is 8. The number of carbonyl (C=O) groups is 2. The van der Waals surface area contributed by atoms with E-state index in [1.165, 1.54) is 6.20 Å². The van der Waals surface area contributed by atoms with Gasteiger partial charge in [-0.25, -0.2) is 9.78 Å². The maximum Gasteiger partial charge on any atom is 0.322 e. The minimum atomic E-state index is -0.132. The molecule has 12 heteroatoms. The lowest BCUT2D eigenvalue weighted by Crippen LogP contribution is -2.48. The Morgan fingerprint density at radius 2 is 1.82 bits per heavy atom. The van der Waals surface area contributed by atoms with E-state index >= 15 is 0 Å². The number of fused-ring (bicyclic) bond motifs is 1. The summed E-state index contributed by atoms with van der Waals surface area (Å²) in [4.78, 5) is 36.5. The number of aryl methyl sites for hydroxylation is 1. The first-order chi connectivity index (χ1) is 23.9. The molecule has 12 nitrogen and oxygen atoms in total. The van der Waals surface area contributed by atoms with Crippen LogP contribution >= 0.6 is 0 Å². The molecule has 0 radical (unpaired) electrons. The Labute approximate surface area is 284 Å². The molecule has 7 rings (SSSR count). The number of carbonyl (C=O) groups excluding carboxylic acids is 2. The minimum absolute atomic E-state index is 0.00152. The number of nitrogens with one attached hydrogen (secondary N) is 4. The maximum absolute atomic E-state index is 13.8. The second kappa shape index (κ2) is 13.9. The summed E-state index contributed by atoms with van der Waals surface area (Å²) in [5.74, 6) is 0.774. The zero-order chi connectivity index (χ0) is 33.7. The number of urea groups is 1. The Morgan fingerprint density at radius 1 is 1.02 bits per heavy atom. The van der Waals surface area contributed by atoms with E-state index in [0.29, 0.717) is 30.3 Å². The van der Waals surface area contributed by atoms with Crippen LogP contribution in [0.1, 0.15) is 42.4 Å². The Bertz CT molecular complexity index is 2010. The number of rotatable bonds is 9. The molecule has 0 spiro atoms. The van der Waals surface area contributed by atoms with Crippen molar-refractivity contribution < 1.29 is 9.59 Å². The van der Waals surface area contributed by atoms with Crippen LogP contribution in [-0.4, -0.2) is 43.8 Å². The fourth-order valence-electron chi connectivity index (χ4n) is 6.47.